The highest BCUT2D eigenvalue weighted by Crippen LogP contribution is 2.48. The second-order valence-electron chi connectivity index (χ2n) is 6.98. The molecular formula is C14H28N2. The highest BCUT2D eigenvalue weighted by molar-refractivity contribution is 5.09. The van der Waals surface area contributed by atoms with Gasteiger partial charge in [0, 0.05) is 24.2 Å². The van der Waals surface area contributed by atoms with Gasteiger partial charge in [0.15, 0.2) is 0 Å². The van der Waals surface area contributed by atoms with Crippen LogP contribution in [0.25, 0.3) is 0 Å². The van der Waals surface area contributed by atoms with Gasteiger partial charge in [-0.05, 0) is 44.9 Å². The van der Waals surface area contributed by atoms with Crippen molar-refractivity contribution in [2.75, 3.05) is 6.54 Å². The van der Waals surface area contributed by atoms with Crippen molar-refractivity contribution < 1.29 is 0 Å². The summed E-state index contributed by atoms with van der Waals surface area (Å²) in [7, 11) is 0. The summed E-state index contributed by atoms with van der Waals surface area (Å²) in [5.41, 5.74) is 7.25. The van der Waals surface area contributed by atoms with Crippen LogP contribution in [0.2, 0.25) is 0 Å². The van der Waals surface area contributed by atoms with Gasteiger partial charge in [-0.1, -0.05) is 20.3 Å². The van der Waals surface area contributed by atoms with Gasteiger partial charge in [0.1, 0.15) is 0 Å². The lowest BCUT2D eigenvalue weighted by Gasteiger charge is -2.51. The van der Waals surface area contributed by atoms with E-state index in [-0.39, 0.29) is 0 Å². The third-order valence-corrected chi connectivity index (χ3v) is 4.81. The molecule has 0 amide bonds. The molecule has 0 aromatic carbocycles. The van der Waals surface area contributed by atoms with E-state index in [1.165, 1.54) is 38.6 Å². The molecule has 94 valence electrons. The fourth-order valence-corrected chi connectivity index (χ4v) is 4.20. The summed E-state index contributed by atoms with van der Waals surface area (Å²) in [4.78, 5) is 2.69. The maximum Gasteiger partial charge on any atom is 0.0368 e. The molecule has 0 bridgehead atoms. The number of nitrogens with zero attached hydrogens (tertiary/aromatic N) is 1. The van der Waals surface area contributed by atoms with Crippen LogP contribution in [0.4, 0.5) is 0 Å². The zero-order valence-electron chi connectivity index (χ0n) is 11.4. The van der Waals surface area contributed by atoms with Crippen LogP contribution in [0, 0.1) is 5.41 Å². The number of rotatable bonds is 1. The summed E-state index contributed by atoms with van der Waals surface area (Å²) in [5, 5.41) is 0. The fourth-order valence-electron chi connectivity index (χ4n) is 4.20. The summed E-state index contributed by atoms with van der Waals surface area (Å²) in [6.45, 7) is 10.7. The molecule has 1 saturated heterocycles. The van der Waals surface area contributed by atoms with Crippen LogP contribution >= 0.6 is 0 Å². The summed E-state index contributed by atoms with van der Waals surface area (Å²) in [6, 6.07) is 1.04. The molecule has 1 aliphatic heterocycles. The minimum atomic E-state index is 0.315. The van der Waals surface area contributed by atoms with Gasteiger partial charge in [0.25, 0.3) is 0 Å². The fraction of sp³-hybridized carbons (Fsp3) is 1.00. The van der Waals surface area contributed by atoms with Crippen LogP contribution in [0.5, 0.6) is 0 Å². The molecule has 2 heteroatoms. The Hall–Kier alpha value is -0.0800. The molecule has 2 aliphatic rings. The van der Waals surface area contributed by atoms with Crippen molar-refractivity contribution in [1.29, 1.82) is 0 Å². The SMILES string of the molecule is CC(C)N1CCC(N)C12CCCC(C)(C)C2. The number of hydrogen-bond donors (Lipinski definition) is 1. The predicted molar refractivity (Wildman–Crippen MR) is 69.4 cm³/mol. The molecule has 1 heterocycles. The van der Waals surface area contributed by atoms with Crippen molar-refractivity contribution in [2.45, 2.75) is 77.4 Å². The van der Waals surface area contributed by atoms with Crippen molar-refractivity contribution in [2.24, 2.45) is 11.1 Å². The minimum Gasteiger partial charge on any atom is -0.326 e. The molecule has 1 spiro atoms. The smallest absolute Gasteiger partial charge is 0.0368 e. The quantitative estimate of drug-likeness (QED) is 0.742. The largest absolute Gasteiger partial charge is 0.326 e. The van der Waals surface area contributed by atoms with Gasteiger partial charge in [-0.15, -0.1) is 0 Å². The molecule has 0 radical (unpaired) electrons. The van der Waals surface area contributed by atoms with Gasteiger partial charge in [-0.2, -0.15) is 0 Å². The Labute approximate surface area is 101 Å². The topological polar surface area (TPSA) is 29.3 Å². The first kappa shape index (κ1) is 12.4. The predicted octanol–water partition coefficient (Wildman–Crippen LogP) is 2.77. The number of hydrogen-bond acceptors (Lipinski definition) is 2. The molecule has 0 aromatic heterocycles. The van der Waals surface area contributed by atoms with E-state index in [9.17, 15) is 0 Å². The van der Waals surface area contributed by atoms with Crippen molar-refractivity contribution in [3.05, 3.63) is 0 Å². The summed E-state index contributed by atoms with van der Waals surface area (Å²) in [6.07, 6.45) is 6.51. The van der Waals surface area contributed by atoms with Crippen LogP contribution in [0.1, 0.15) is 59.8 Å². The van der Waals surface area contributed by atoms with Crippen molar-refractivity contribution in [3.8, 4) is 0 Å². The maximum atomic E-state index is 6.45. The molecule has 1 saturated carbocycles. The Kier molecular flexibility index (Phi) is 3.09. The third-order valence-electron chi connectivity index (χ3n) is 4.81. The Morgan fingerprint density at radius 2 is 1.94 bits per heavy atom. The van der Waals surface area contributed by atoms with E-state index in [4.69, 9.17) is 5.73 Å². The zero-order chi connectivity index (χ0) is 12.0. The Morgan fingerprint density at radius 3 is 2.50 bits per heavy atom. The molecule has 2 unspecified atom stereocenters. The third kappa shape index (κ3) is 1.91. The highest BCUT2D eigenvalue weighted by Gasteiger charge is 2.51. The van der Waals surface area contributed by atoms with Crippen LogP contribution < -0.4 is 5.73 Å². The van der Waals surface area contributed by atoms with Gasteiger partial charge >= 0.3 is 0 Å². The first-order valence-corrected chi connectivity index (χ1v) is 6.90. The monoisotopic (exact) mass is 224 g/mol. The number of nitrogens with two attached hydrogens (primary N) is 1. The number of likely N-dealkylation sites (tertiary alicyclic amines) is 1. The van der Waals surface area contributed by atoms with Gasteiger partial charge in [-0.25, -0.2) is 0 Å². The maximum absolute atomic E-state index is 6.45. The van der Waals surface area contributed by atoms with Crippen LogP contribution in [-0.2, 0) is 0 Å². The molecule has 16 heavy (non-hydrogen) atoms. The van der Waals surface area contributed by atoms with E-state index in [1.54, 1.807) is 0 Å². The van der Waals surface area contributed by atoms with Gasteiger partial charge in [0.2, 0.25) is 0 Å². The average molecular weight is 224 g/mol. The molecule has 2 rings (SSSR count). The van der Waals surface area contributed by atoms with E-state index >= 15 is 0 Å². The standard InChI is InChI=1S/C14H28N2/c1-11(2)16-9-6-12(15)14(16)8-5-7-13(3,4)10-14/h11-12H,5-10,15H2,1-4H3. The van der Waals surface area contributed by atoms with Gasteiger partial charge < -0.3 is 5.73 Å². The zero-order valence-corrected chi connectivity index (χ0v) is 11.4. The van der Waals surface area contributed by atoms with E-state index in [0.717, 1.165) is 0 Å². The second kappa shape index (κ2) is 3.99. The molecule has 2 N–H and O–H groups in total. The summed E-state index contributed by atoms with van der Waals surface area (Å²) in [5.74, 6) is 0. The molecule has 2 nitrogen and oxygen atoms in total. The molecule has 2 fully saturated rings. The normalized spacial score (nSPS) is 39.8. The van der Waals surface area contributed by atoms with Gasteiger partial charge in [0.05, 0.1) is 0 Å². The van der Waals surface area contributed by atoms with Crippen LogP contribution in [0.15, 0.2) is 0 Å². The van der Waals surface area contributed by atoms with Crippen molar-refractivity contribution >= 4 is 0 Å². The average Bonchev–Trinajstić information content (AvgIpc) is 2.42. The van der Waals surface area contributed by atoms with E-state index in [0.29, 0.717) is 23.0 Å². The lowest BCUT2D eigenvalue weighted by Crippen LogP contribution is -2.59. The molecule has 1 aliphatic carbocycles. The lowest BCUT2D eigenvalue weighted by molar-refractivity contribution is 0.00766. The Bertz CT molecular complexity index is 259. The van der Waals surface area contributed by atoms with E-state index in [1.807, 2.05) is 0 Å². The molecule has 2 atom stereocenters. The van der Waals surface area contributed by atoms with E-state index < -0.39 is 0 Å². The Balaban J connectivity index is 2.26. The van der Waals surface area contributed by atoms with Gasteiger partial charge in [-0.3, -0.25) is 4.90 Å². The minimum absolute atomic E-state index is 0.315. The highest BCUT2D eigenvalue weighted by atomic mass is 15.3. The second-order valence-corrected chi connectivity index (χ2v) is 6.98. The van der Waals surface area contributed by atoms with E-state index in [2.05, 4.69) is 32.6 Å². The van der Waals surface area contributed by atoms with Crippen molar-refractivity contribution in [1.82, 2.24) is 4.90 Å². The summed E-state index contributed by atoms with van der Waals surface area (Å²) >= 11 is 0. The lowest BCUT2D eigenvalue weighted by atomic mass is 9.65. The summed E-state index contributed by atoms with van der Waals surface area (Å²) < 4.78 is 0. The van der Waals surface area contributed by atoms with Crippen LogP contribution in [0.3, 0.4) is 0 Å². The van der Waals surface area contributed by atoms with Crippen molar-refractivity contribution in [3.63, 3.8) is 0 Å². The first-order valence-electron chi connectivity index (χ1n) is 6.90. The Morgan fingerprint density at radius 1 is 1.25 bits per heavy atom. The molecule has 0 aromatic rings. The first-order chi connectivity index (χ1) is 7.37. The van der Waals surface area contributed by atoms with Crippen LogP contribution in [-0.4, -0.2) is 29.1 Å². The molecular weight excluding hydrogens is 196 g/mol.